The zero-order chi connectivity index (χ0) is 22.0. The fourth-order valence-electron chi connectivity index (χ4n) is 3.98. The average Bonchev–Trinajstić information content (AvgIpc) is 3.58. The van der Waals surface area contributed by atoms with Crippen molar-refractivity contribution in [3.8, 4) is 0 Å². The van der Waals surface area contributed by atoms with Crippen LogP contribution in [-0.4, -0.2) is 72.3 Å². The highest BCUT2D eigenvalue weighted by Crippen LogP contribution is 2.42. The highest BCUT2D eigenvalue weighted by molar-refractivity contribution is 5.93. The van der Waals surface area contributed by atoms with E-state index in [0.717, 1.165) is 5.57 Å². The van der Waals surface area contributed by atoms with E-state index in [0.29, 0.717) is 0 Å². The van der Waals surface area contributed by atoms with Crippen molar-refractivity contribution in [3.63, 3.8) is 0 Å². The van der Waals surface area contributed by atoms with E-state index in [9.17, 15) is 19.5 Å². The lowest BCUT2D eigenvalue weighted by molar-refractivity contribution is -0.165. The molecule has 0 aromatic carbocycles. The quantitative estimate of drug-likeness (QED) is 0.227. The highest BCUT2D eigenvalue weighted by Gasteiger charge is 2.59. The van der Waals surface area contributed by atoms with Crippen molar-refractivity contribution in [1.29, 1.82) is 0 Å². The van der Waals surface area contributed by atoms with Gasteiger partial charge in [0.15, 0.2) is 5.60 Å². The van der Waals surface area contributed by atoms with Gasteiger partial charge in [-0.3, -0.25) is 0 Å². The summed E-state index contributed by atoms with van der Waals surface area (Å²) in [6.07, 6.45) is -1.75. The van der Waals surface area contributed by atoms with E-state index in [1.165, 1.54) is 13.2 Å². The number of aliphatic hydroxyl groups is 1. The second kappa shape index (κ2) is 7.04. The summed E-state index contributed by atoms with van der Waals surface area (Å²) in [4.78, 5) is 37.5. The molecule has 8 unspecified atom stereocenters. The predicted molar refractivity (Wildman–Crippen MR) is 99.9 cm³/mol. The maximum Gasteiger partial charge on any atom is 0.341 e. The Labute approximate surface area is 173 Å². The number of rotatable bonds is 3. The van der Waals surface area contributed by atoms with Gasteiger partial charge in [0.1, 0.15) is 30.5 Å². The van der Waals surface area contributed by atoms with Crippen LogP contribution in [0.15, 0.2) is 35.5 Å². The number of aliphatic hydroxyl groups excluding tert-OH is 1. The van der Waals surface area contributed by atoms with Crippen molar-refractivity contribution < 1.29 is 43.2 Å². The first-order valence-electron chi connectivity index (χ1n) is 9.69. The summed E-state index contributed by atoms with van der Waals surface area (Å²) in [5.74, 6) is -3.09. The molecule has 4 rings (SSSR count). The zero-order valence-corrected chi connectivity index (χ0v) is 17.1. The molecule has 9 nitrogen and oxygen atoms in total. The van der Waals surface area contributed by atoms with E-state index >= 15 is 0 Å². The molecule has 0 aromatic heterocycles. The van der Waals surface area contributed by atoms with Crippen LogP contribution in [0, 0.1) is 5.92 Å². The molecule has 9 heteroatoms. The number of hydrogen-bond acceptors (Lipinski definition) is 9. The van der Waals surface area contributed by atoms with Crippen LogP contribution in [-0.2, 0) is 38.1 Å². The van der Waals surface area contributed by atoms with Crippen molar-refractivity contribution in [2.45, 2.75) is 63.0 Å². The summed E-state index contributed by atoms with van der Waals surface area (Å²) in [5, 5.41) is 11.1. The predicted octanol–water partition coefficient (Wildman–Crippen LogP) is 0.361. The molecule has 3 fully saturated rings. The van der Waals surface area contributed by atoms with Gasteiger partial charge in [-0.05, 0) is 38.5 Å². The van der Waals surface area contributed by atoms with Crippen LogP contribution in [0.4, 0.5) is 0 Å². The van der Waals surface area contributed by atoms with Gasteiger partial charge < -0.3 is 28.8 Å². The van der Waals surface area contributed by atoms with Crippen LogP contribution in [0.25, 0.3) is 0 Å². The number of methoxy groups -OCH3 is 1. The molecule has 3 heterocycles. The normalized spacial score (nSPS) is 45.6. The standard InChI is InChI=1S/C21H24O9/c1-8-6-12-14(9(2)18(23)28-12)17(29-20(25)21(4)10(3)30-21)15(22)11(19(24)26-5)7-13-16(8)27-13/h6-7,10,12-17,22H,2H2,1,3-5H3/b8-6+,11-7-. The Balaban J connectivity index is 1.77. The second-order valence-electron chi connectivity index (χ2n) is 8.15. The van der Waals surface area contributed by atoms with Crippen molar-refractivity contribution in [3.05, 3.63) is 35.5 Å². The minimum atomic E-state index is -1.60. The van der Waals surface area contributed by atoms with Crippen LogP contribution >= 0.6 is 0 Å². The molecule has 1 aliphatic carbocycles. The molecule has 8 atom stereocenters. The van der Waals surface area contributed by atoms with E-state index in [1.54, 1.807) is 19.9 Å². The Kier molecular flexibility index (Phi) is 4.87. The van der Waals surface area contributed by atoms with Crippen molar-refractivity contribution >= 4 is 17.9 Å². The van der Waals surface area contributed by atoms with Gasteiger partial charge in [-0.1, -0.05) is 6.58 Å². The molecule has 3 aliphatic heterocycles. The first kappa shape index (κ1) is 20.8. The third-order valence-corrected chi connectivity index (χ3v) is 6.20. The number of carbonyl (C=O) groups is 3. The average molecular weight is 420 g/mol. The Morgan fingerprint density at radius 3 is 2.53 bits per heavy atom. The lowest BCUT2D eigenvalue weighted by Crippen LogP contribution is -2.46. The summed E-state index contributed by atoms with van der Waals surface area (Å²) in [7, 11) is 1.18. The molecular formula is C21H24O9. The molecule has 30 heavy (non-hydrogen) atoms. The van der Waals surface area contributed by atoms with E-state index < -0.39 is 53.8 Å². The lowest BCUT2D eigenvalue weighted by atomic mass is 9.83. The van der Waals surface area contributed by atoms with Crippen LogP contribution in [0.1, 0.15) is 20.8 Å². The number of carbonyl (C=O) groups excluding carboxylic acids is 3. The number of ether oxygens (including phenoxy) is 5. The zero-order valence-electron chi connectivity index (χ0n) is 17.1. The van der Waals surface area contributed by atoms with E-state index in [-0.39, 0.29) is 23.4 Å². The minimum Gasteiger partial charge on any atom is -0.466 e. The fraction of sp³-hybridized carbons (Fsp3) is 0.571. The third-order valence-electron chi connectivity index (χ3n) is 6.20. The van der Waals surface area contributed by atoms with E-state index in [2.05, 4.69) is 6.58 Å². The molecule has 0 spiro atoms. The molecule has 0 aromatic rings. The fourth-order valence-corrected chi connectivity index (χ4v) is 3.98. The SMILES string of the molecule is C=C1C(=O)OC2/C=C(\C)C3OC3/C=C(\C(=O)OC)C(O)C(OC(=O)C3(C)OC3C)C12. The van der Waals surface area contributed by atoms with Gasteiger partial charge in [0, 0.05) is 5.57 Å². The van der Waals surface area contributed by atoms with E-state index in [1.807, 2.05) is 6.92 Å². The number of epoxide rings is 2. The Bertz CT molecular complexity index is 887. The van der Waals surface area contributed by atoms with Gasteiger partial charge in [-0.15, -0.1) is 0 Å². The molecule has 3 saturated heterocycles. The van der Waals surface area contributed by atoms with Crippen molar-refractivity contribution in [1.82, 2.24) is 0 Å². The summed E-state index contributed by atoms with van der Waals surface area (Å²) in [5.41, 5.74) is -0.473. The second-order valence-corrected chi connectivity index (χ2v) is 8.15. The molecule has 0 saturated carbocycles. The summed E-state index contributed by atoms with van der Waals surface area (Å²) >= 11 is 0. The van der Waals surface area contributed by atoms with Gasteiger partial charge in [-0.2, -0.15) is 0 Å². The van der Waals surface area contributed by atoms with Crippen molar-refractivity contribution in [2.24, 2.45) is 5.92 Å². The van der Waals surface area contributed by atoms with Gasteiger partial charge in [0.05, 0.1) is 24.7 Å². The van der Waals surface area contributed by atoms with Crippen LogP contribution in [0.5, 0.6) is 0 Å². The number of fused-ring (bicyclic) bond motifs is 2. The summed E-state index contributed by atoms with van der Waals surface area (Å²) < 4.78 is 26.8. The molecule has 0 radical (unpaired) electrons. The highest BCUT2D eigenvalue weighted by atomic mass is 16.7. The van der Waals surface area contributed by atoms with Gasteiger partial charge in [0.25, 0.3) is 0 Å². The maximum absolute atomic E-state index is 12.8. The molecule has 0 bridgehead atoms. The van der Waals surface area contributed by atoms with E-state index in [4.69, 9.17) is 23.7 Å². The van der Waals surface area contributed by atoms with Gasteiger partial charge in [-0.25, -0.2) is 14.4 Å². The Hall–Kier alpha value is -2.49. The van der Waals surface area contributed by atoms with Crippen LogP contribution in [0.2, 0.25) is 0 Å². The molecule has 1 N–H and O–H groups in total. The molecule has 162 valence electrons. The summed E-state index contributed by atoms with van der Waals surface area (Å²) in [6, 6.07) is 0. The first-order chi connectivity index (χ1) is 14.1. The molecule has 0 amide bonds. The maximum atomic E-state index is 12.8. The Morgan fingerprint density at radius 2 is 1.93 bits per heavy atom. The van der Waals surface area contributed by atoms with Gasteiger partial charge in [0.2, 0.25) is 0 Å². The van der Waals surface area contributed by atoms with Crippen LogP contribution < -0.4 is 0 Å². The number of esters is 3. The first-order valence-corrected chi connectivity index (χ1v) is 9.69. The molecular weight excluding hydrogens is 396 g/mol. The van der Waals surface area contributed by atoms with Crippen molar-refractivity contribution in [2.75, 3.05) is 7.11 Å². The summed E-state index contributed by atoms with van der Waals surface area (Å²) in [6.45, 7) is 8.86. The lowest BCUT2D eigenvalue weighted by Gasteiger charge is -2.31. The minimum absolute atomic E-state index is 0.0360. The molecule has 4 aliphatic rings. The smallest absolute Gasteiger partial charge is 0.341 e. The third kappa shape index (κ3) is 3.27. The van der Waals surface area contributed by atoms with Crippen LogP contribution in [0.3, 0.4) is 0 Å². The monoisotopic (exact) mass is 420 g/mol. The Morgan fingerprint density at radius 1 is 1.27 bits per heavy atom. The number of hydrogen-bond donors (Lipinski definition) is 1. The van der Waals surface area contributed by atoms with Gasteiger partial charge >= 0.3 is 17.9 Å². The topological polar surface area (TPSA) is 124 Å². The largest absolute Gasteiger partial charge is 0.466 e.